The fraction of sp³-hybridized carbons (Fsp3) is 0.476. The number of aliphatic carboxylic acids is 1. The molecule has 0 radical (unpaired) electrons. The summed E-state index contributed by atoms with van der Waals surface area (Å²) in [6, 6.07) is 8.27. The summed E-state index contributed by atoms with van der Waals surface area (Å²) in [5, 5.41) is 12.0. The summed E-state index contributed by atoms with van der Waals surface area (Å²) in [5.41, 5.74) is 0.860. The first-order valence-corrected chi connectivity index (χ1v) is 9.25. The van der Waals surface area contributed by atoms with Gasteiger partial charge in [-0.25, -0.2) is 4.79 Å². The zero-order chi connectivity index (χ0) is 18.9. The zero-order valence-electron chi connectivity index (χ0n) is 15.2. The third-order valence-corrected chi connectivity index (χ3v) is 4.90. The highest BCUT2D eigenvalue weighted by Crippen LogP contribution is 2.34. The van der Waals surface area contributed by atoms with E-state index in [2.05, 4.69) is 5.32 Å². The van der Waals surface area contributed by atoms with Crippen LogP contribution in [0.2, 0.25) is 0 Å². The van der Waals surface area contributed by atoms with E-state index in [4.69, 9.17) is 0 Å². The van der Waals surface area contributed by atoms with Gasteiger partial charge in [0.2, 0.25) is 5.91 Å². The van der Waals surface area contributed by atoms with Crippen LogP contribution in [-0.4, -0.2) is 28.8 Å². The molecule has 5 nitrogen and oxygen atoms in total. The van der Waals surface area contributed by atoms with Crippen molar-refractivity contribution in [3.8, 4) is 0 Å². The molecule has 3 atom stereocenters. The Morgan fingerprint density at radius 3 is 2.65 bits per heavy atom. The minimum absolute atomic E-state index is 0.00447. The highest BCUT2D eigenvalue weighted by Gasteiger charge is 2.35. The molecule has 0 aromatic heterocycles. The van der Waals surface area contributed by atoms with Gasteiger partial charge in [-0.2, -0.15) is 0 Å². The lowest BCUT2D eigenvalue weighted by Gasteiger charge is -2.19. The maximum Gasteiger partial charge on any atom is 0.326 e. The first-order valence-electron chi connectivity index (χ1n) is 9.25. The molecule has 1 saturated carbocycles. The molecule has 1 aromatic carbocycles. The summed E-state index contributed by atoms with van der Waals surface area (Å²) in [6.07, 6.45) is 7.28. The second-order valence-corrected chi connectivity index (χ2v) is 6.84. The van der Waals surface area contributed by atoms with Gasteiger partial charge < -0.3 is 10.4 Å². The van der Waals surface area contributed by atoms with Crippen molar-refractivity contribution in [2.24, 2.45) is 11.8 Å². The Balaban J connectivity index is 1.93. The number of ketones is 1. The van der Waals surface area contributed by atoms with Gasteiger partial charge in [0.05, 0.1) is 0 Å². The number of amides is 1. The number of carboxylic acids is 1. The van der Waals surface area contributed by atoms with Crippen LogP contribution in [0.25, 0.3) is 0 Å². The fourth-order valence-electron chi connectivity index (χ4n) is 3.50. The maximum atomic E-state index is 12.4. The van der Waals surface area contributed by atoms with Crippen LogP contribution < -0.4 is 5.32 Å². The quantitative estimate of drug-likeness (QED) is 0.665. The second kappa shape index (κ2) is 9.90. The van der Waals surface area contributed by atoms with Crippen molar-refractivity contribution in [1.82, 2.24) is 5.32 Å². The molecule has 0 unspecified atom stereocenters. The molecule has 1 aromatic rings. The second-order valence-electron chi connectivity index (χ2n) is 6.84. The number of hydrogen-bond donors (Lipinski definition) is 2. The van der Waals surface area contributed by atoms with Crippen LogP contribution in [0.15, 0.2) is 42.5 Å². The molecule has 140 valence electrons. The van der Waals surface area contributed by atoms with Gasteiger partial charge in [0.15, 0.2) is 0 Å². The molecular weight excluding hydrogens is 330 g/mol. The normalized spacial score (nSPS) is 21.0. The number of carbonyl (C=O) groups excluding carboxylic acids is 2. The van der Waals surface area contributed by atoms with E-state index in [1.165, 1.54) is 0 Å². The molecule has 2 N–H and O–H groups in total. The first kappa shape index (κ1) is 19.9. The largest absolute Gasteiger partial charge is 0.480 e. The molecule has 0 aliphatic heterocycles. The van der Waals surface area contributed by atoms with E-state index in [1.807, 2.05) is 49.4 Å². The maximum absolute atomic E-state index is 12.4. The Morgan fingerprint density at radius 1 is 1.27 bits per heavy atom. The SMILES string of the molecule is CC/C=C\C[C@H]1C(=O)CC[C@@H]1CC(=O)N[C@@H](Cc1ccccc1)C(=O)O. The van der Waals surface area contributed by atoms with Gasteiger partial charge in [-0.15, -0.1) is 0 Å². The highest BCUT2D eigenvalue weighted by atomic mass is 16.4. The van der Waals surface area contributed by atoms with Crippen molar-refractivity contribution < 1.29 is 19.5 Å². The summed E-state index contributed by atoms with van der Waals surface area (Å²) in [7, 11) is 0. The summed E-state index contributed by atoms with van der Waals surface area (Å²) >= 11 is 0. The third-order valence-electron chi connectivity index (χ3n) is 4.90. The number of carbonyl (C=O) groups is 3. The molecule has 1 amide bonds. The molecule has 0 saturated heterocycles. The van der Waals surface area contributed by atoms with Crippen LogP contribution in [0, 0.1) is 11.8 Å². The van der Waals surface area contributed by atoms with E-state index in [1.54, 1.807) is 0 Å². The van der Waals surface area contributed by atoms with Crippen molar-refractivity contribution in [2.45, 2.75) is 51.5 Å². The van der Waals surface area contributed by atoms with E-state index in [9.17, 15) is 19.5 Å². The Bertz CT molecular complexity index is 653. The summed E-state index contributed by atoms with van der Waals surface area (Å²) in [6.45, 7) is 2.04. The minimum atomic E-state index is -1.05. The molecule has 5 heteroatoms. The molecule has 0 heterocycles. The van der Waals surface area contributed by atoms with Gasteiger partial charge in [0, 0.05) is 25.2 Å². The predicted molar refractivity (Wildman–Crippen MR) is 99.6 cm³/mol. The standard InChI is InChI=1S/C21H27NO4/c1-2-3-5-10-17-16(11-12-19(17)23)14-20(24)22-18(21(25)26)13-15-8-6-4-7-9-15/h3-9,16-18H,2,10-14H2,1H3,(H,22,24)(H,25,26)/b5-3-/t16-,17-,18+/m1/s1. The van der Waals surface area contributed by atoms with E-state index in [0.717, 1.165) is 12.0 Å². The van der Waals surface area contributed by atoms with Crippen molar-refractivity contribution in [2.75, 3.05) is 0 Å². The van der Waals surface area contributed by atoms with Crippen LogP contribution >= 0.6 is 0 Å². The lowest BCUT2D eigenvalue weighted by atomic mass is 9.89. The number of Topliss-reactive ketones (excluding diaryl/α,β-unsaturated/α-hetero) is 1. The topological polar surface area (TPSA) is 83.5 Å². The Kier molecular flexibility index (Phi) is 7.57. The van der Waals surface area contributed by atoms with Gasteiger partial charge in [0.25, 0.3) is 0 Å². The number of benzene rings is 1. The van der Waals surface area contributed by atoms with Crippen LogP contribution in [0.3, 0.4) is 0 Å². The highest BCUT2D eigenvalue weighted by molar-refractivity contribution is 5.87. The average Bonchev–Trinajstić information content (AvgIpc) is 2.95. The number of allylic oxidation sites excluding steroid dienone is 2. The number of rotatable bonds is 9. The molecule has 26 heavy (non-hydrogen) atoms. The van der Waals surface area contributed by atoms with Gasteiger partial charge in [0.1, 0.15) is 11.8 Å². The molecule has 0 bridgehead atoms. The van der Waals surface area contributed by atoms with Gasteiger partial charge in [-0.3, -0.25) is 9.59 Å². The molecule has 1 aliphatic carbocycles. The Morgan fingerprint density at radius 2 is 2.00 bits per heavy atom. The average molecular weight is 357 g/mol. The summed E-state index contributed by atoms with van der Waals surface area (Å²) in [5.74, 6) is -1.26. The number of hydrogen-bond acceptors (Lipinski definition) is 3. The van der Waals surface area contributed by atoms with Crippen molar-refractivity contribution >= 4 is 17.7 Å². The molecule has 1 aliphatic rings. The third kappa shape index (κ3) is 5.83. The van der Waals surface area contributed by atoms with Gasteiger partial charge in [-0.1, -0.05) is 49.4 Å². The Hall–Kier alpha value is -2.43. The lowest BCUT2D eigenvalue weighted by Crippen LogP contribution is -2.43. The first-order chi connectivity index (χ1) is 12.5. The van der Waals surface area contributed by atoms with Crippen molar-refractivity contribution in [3.05, 3.63) is 48.0 Å². The lowest BCUT2D eigenvalue weighted by molar-refractivity contribution is -0.142. The van der Waals surface area contributed by atoms with Crippen molar-refractivity contribution in [3.63, 3.8) is 0 Å². The van der Waals surface area contributed by atoms with E-state index in [-0.39, 0.29) is 36.4 Å². The van der Waals surface area contributed by atoms with Gasteiger partial charge >= 0.3 is 5.97 Å². The smallest absolute Gasteiger partial charge is 0.326 e. The summed E-state index contributed by atoms with van der Waals surface area (Å²) < 4.78 is 0. The molecule has 0 spiro atoms. The minimum Gasteiger partial charge on any atom is -0.480 e. The monoisotopic (exact) mass is 357 g/mol. The van der Waals surface area contributed by atoms with Crippen molar-refractivity contribution in [1.29, 1.82) is 0 Å². The molecule has 2 rings (SSSR count). The Labute approximate surface area is 154 Å². The van der Waals surface area contributed by atoms with Crippen LogP contribution in [0.4, 0.5) is 0 Å². The molecular formula is C21H27NO4. The van der Waals surface area contributed by atoms with Crippen LogP contribution in [0.5, 0.6) is 0 Å². The number of carboxylic acid groups (broad SMARTS) is 1. The van der Waals surface area contributed by atoms with E-state index < -0.39 is 12.0 Å². The van der Waals surface area contributed by atoms with Gasteiger partial charge in [-0.05, 0) is 30.7 Å². The fourth-order valence-corrected chi connectivity index (χ4v) is 3.50. The predicted octanol–water partition coefficient (Wildman–Crippen LogP) is 3.14. The number of nitrogens with one attached hydrogen (secondary N) is 1. The van der Waals surface area contributed by atoms with E-state index in [0.29, 0.717) is 19.3 Å². The zero-order valence-corrected chi connectivity index (χ0v) is 15.2. The van der Waals surface area contributed by atoms with Crippen LogP contribution in [-0.2, 0) is 20.8 Å². The van der Waals surface area contributed by atoms with Crippen LogP contribution in [0.1, 0.15) is 44.6 Å². The molecule has 1 fully saturated rings. The van der Waals surface area contributed by atoms with E-state index >= 15 is 0 Å². The summed E-state index contributed by atoms with van der Waals surface area (Å²) in [4.78, 5) is 35.9.